The van der Waals surface area contributed by atoms with Gasteiger partial charge in [-0.25, -0.2) is 0 Å². The Bertz CT molecular complexity index is 277. The van der Waals surface area contributed by atoms with Crippen molar-refractivity contribution in [2.45, 2.75) is 19.4 Å². The largest absolute Gasteiger partial charge is 0.388 e. The van der Waals surface area contributed by atoms with Crippen LogP contribution in [-0.2, 0) is 0 Å². The average molecular weight is 162 g/mol. The maximum absolute atomic E-state index is 9.89. The second-order valence-corrected chi connectivity index (χ2v) is 4.46. The molecule has 12 heavy (non-hydrogen) atoms. The summed E-state index contributed by atoms with van der Waals surface area (Å²) < 4.78 is 0. The molecule has 1 N–H and O–H groups in total. The van der Waals surface area contributed by atoms with Gasteiger partial charge in [0.05, 0.1) is 6.10 Å². The Morgan fingerprint density at radius 3 is 2.83 bits per heavy atom. The van der Waals surface area contributed by atoms with Gasteiger partial charge in [0.15, 0.2) is 0 Å². The maximum atomic E-state index is 9.89. The quantitative estimate of drug-likeness (QED) is 0.538. The van der Waals surface area contributed by atoms with Crippen LogP contribution in [0.3, 0.4) is 0 Å². The van der Waals surface area contributed by atoms with Crippen molar-refractivity contribution in [2.75, 3.05) is 0 Å². The molecule has 1 saturated carbocycles. The van der Waals surface area contributed by atoms with Crippen molar-refractivity contribution in [1.29, 1.82) is 0 Å². The number of hydrogen-bond donors (Lipinski definition) is 1. The van der Waals surface area contributed by atoms with Gasteiger partial charge in [-0.3, -0.25) is 0 Å². The molecular weight excluding hydrogens is 148 g/mol. The highest BCUT2D eigenvalue weighted by Gasteiger charge is 2.49. The summed E-state index contributed by atoms with van der Waals surface area (Å²) in [7, 11) is 0. The van der Waals surface area contributed by atoms with Crippen LogP contribution in [0.15, 0.2) is 23.8 Å². The standard InChI is InChI=1S/C11H14O/c1-6-4-9-7-2-3-8(5-7)10(9)11(6)12/h2-4,7-12H,5H2,1H3/t7-,8+,9-,10+,11-/m0/s1. The first-order valence-corrected chi connectivity index (χ1v) is 4.82. The molecule has 0 saturated heterocycles. The zero-order valence-corrected chi connectivity index (χ0v) is 7.27. The highest BCUT2D eigenvalue weighted by molar-refractivity contribution is 5.29. The first-order chi connectivity index (χ1) is 5.77. The van der Waals surface area contributed by atoms with Crippen molar-refractivity contribution < 1.29 is 5.11 Å². The summed E-state index contributed by atoms with van der Waals surface area (Å²) in [4.78, 5) is 0. The molecular formula is C11H14O. The van der Waals surface area contributed by atoms with Gasteiger partial charge >= 0.3 is 0 Å². The predicted octanol–water partition coefficient (Wildman–Crippen LogP) is 1.75. The van der Waals surface area contributed by atoms with Gasteiger partial charge in [-0.2, -0.15) is 0 Å². The zero-order chi connectivity index (χ0) is 8.29. The Morgan fingerprint density at radius 2 is 2.08 bits per heavy atom. The van der Waals surface area contributed by atoms with E-state index in [2.05, 4.69) is 25.2 Å². The number of aliphatic hydroxyl groups is 1. The fourth-order valence-electron chi connectivity index (χ4n) is 3.28. The lowest BCUT2D eigenvalue weighted by atomic mass is 9.84. The summed E-state index contributed by atoms with van der Waals surface area (Å²) in [6.45, 7) is 2.06. The fourth-order valence-corrected chi connectivity index (χ4v) is 3.28. The molecule has 1 fully saturated rings. The van der Waals surface area contributed by atoms with E-state index in [1.165, 1.54) is 12.0 Å². The molecule has 1 heteroatoms. The van der Waals surface area contributed by atoms with E-state index in [4.69, 9.17) is 0 Å². The molecule has 0 amide bonds. The maximum Gasteiger partial charge on any atom is 0.0787 e. The molecule has 0 aliphatic heterocycles. The number of aliphatic hydroxyl groups excluding tert-OH is 1. The molecule has 2 bridgehead atoms. The fraction of sp³-hybridized carbons (Fsp3) is 0.636. The van der Waals surface area contributed by atoms with Gasteiger partial charge in [0.25, 0.3) is 0 Å². The van der Waals surface area contributed by atoms with Crippen LogP contribution in [0.1, 0.15) is 13.3 Å². The molecule has 1 nitrogen and oxygen atoms in total. The van der Waals surface area contributed by atoms with Gasteiger partial charge in [0.1, 0.15) is 0 Å². The van der Waals surface area contributed by atoms with E-state index in [0.29, 0.717) is 17.8 Å². The van der Waals surface area contributed by atoms with Crippen molar-refractivity contribution >= 4 is 0 Å². The van der Waals surface area contributed by atoms with Crippen LogP contribution in [0.25, 0.3) is 0 Å². The third-order valence-corrected chi connectivity index (χ3v) is 3.87. The highest BCUT2D eigenvalue weighted by Crippen LogP contribution is 2.54. The Morgan fingerprint density at radius 1 is 1.33 bits per heavy atom. The van der Waals surface area contributed by atoms with E-state index in [1.54, 1.807) is 0 Å². The van der Waals surface area contributed by atoms with Crippen molar-refractivity contribution in [1.82, 2.24) is 0 Å². The van der Waals surface area contributed by atoms with Crippen LogP contribution in [0, 0.1) is 23.7 Å². The third-order valence-electron chi connectivity index (χ3n) is 3.87. The lowest BCUT2D eigenvalue weighted by Crippen LogP contribution is -2.25. The van der Waals surface area contributed by atoms with Gasteiger partial charge in [0, 0.05) is 5.92 Å². The number of rotatable bonds is 0. The molecule has 0 aromatic carbocycles. The lowest BCUT2D eigenvalue weighted by molar-refractivity contribution is 0.124. The molecule has 5 atom stereocenters. The van der Waals surface area contributed by atoms with Crippen molar-refractivity contribution in [3.05, 3.63) is 23.8 Å². The molecule has 0 radical (unpaired) electrons. The minimum absolute atomic E-state index is 0.144. The van der Waals surface area contributed by atoms with E-state index >= 15 is 0 Å². The number of fused-ring (bicyclic) bond motifs is 5. The van der Waals surface area contributed by atoms with E-state index in [0.717, 1.165) is 5.92 Å². The van der Waals surface area contributed by atoms with Gasteiger partial charge in [-0.15, -0.1) is 0 Å². The van der Waals surface area contributed by atoms with Crippen LogP contribution >= 0.6 is 0 Å². The van der Waals surface area contributed by atoms with Crippen molar-refractivity contribution in [3.8, 4) is 0 Å². The van der Waals surface area contributed by atoms with E-state index in [9.17, 15) is 5.11 Å². The monoisotopic (exact) mass is 162 g/mol. The van der Waals surface area contributed by atoms with Crippen LogP contribution in [-0.4, -0.2) is 11.2 Å². The van der Waals surface area contributed by atoms with Crippen LogP contribution in [0.2, 0.25) is 0 Å². The van der Waals surface area contributed by atoms with E-state index < -0.39 is 0 Å². The third kappa shape index (κ3) is 0.639. The lowest BCUT2D eigenvalue weighted by Gasteiger charge is -2.23. The van der Waals surface area contributed by atoms with Crippen LogP contribution in [0.4, 0.5) is 0 Å². The number of allylic oxidation sites excluding steroid dienone is 3. The van der Waals surface area contributed by atoms with E-state index in [-0.39, 0.29) is 6.10 Å². The van der Waals surface area contributed by atoms with Crippen LogP contribution < -0.4 is 0 Å². The second-order valence-electron chi connectivity index (χ2n) is 4.46. The molecule has 3 aliphatic rings. The zero-order valence-electron chi connectivity index (χ0n) is 7.27. The van der Waals surface area contributed by atoms with E-state index in [1.807, 2.05) is 0 Å². The molecule has 0 unspecified atom stereocenters. The molecule has 0 heterocycles. The van der Waals surface area contributed by atoms with Gasteiger partial charge < -0.3 is 5.11 Å². The molecule has 64 valence electrons. The Kier molecular flexibility index (Phi) is 1.16. The molecule has 3 rings (SSSR count). The summed E-state index contributed by atoms with van der Waals surface area (Å²) in [5.41, 5.74) is 1.20. The minimum atomic E-state index is -0.144. The number of hydrogen-bond acceptors (Lipinski definition) is 1. The minimum Gasteiger partial charge on any atom is -0.388 e. The van der Waals surface area contributed by atoms with Crippen molar-refractivity contribution in [3.63, 3.8) is 0 Å². The molecule has 0 aromatic rings. The average Bonchev–Trinajstić information content (AvgIpc) is 2.66. The van der Waals surface area contributed by atoms with Gasteiger partial charge in [0.2, 0.25) is 0 Å². The smallest absolute Gasteiger partial charge is 0.0787 e. The highest BCUT2D eigenvalue weighted by atomic mass is 16.3. The predicted molar refractivity (Wildman–Crippen MR) is 47.5 cm³/mol. The SMILES string of the molecule is CC1=C[C@@H]2[C@@H]([C@@H]3C=C[C@H]2C3)[C@H]1O. The van der Waals surface area contributed by atoms with Crippen LogP contribution in [0.5, 0.6) is 0 Å². The first-order valence-electron chi connectivity index (χ1n) is 4.82. The molecule has 0 spiro atoms. The molecule has 0 aromatic heterocycles. The Balaban J connectivity index is 2.01. The summed E-state index contributed by atoms with van der Waals surface area (Å²) in [6.07, 6.45) is 8.09. The summed E-state index contributed by atoms with van der Waals surface area (Å²) in [5, 5.41) is 9.89. The summed E-state index contributed by atoms with van der Waals surface area (Å²) >= 11 is 0. The van der Waals surface area contributed by atoms with Crippen molar-refractivity contribution in [2.24, 2.45) is 23.7 Å². The topological polar surface area (TPSA) is 20.2 Å². The Hall–Kier alpha value is -0.560. The normalized spacial score (nSPS) is 54.5. The molecule has 3 aliphatic carbocycles. The Labute approximate surface area is 72.8 Å². The first kappa shape index (κ1) is 6.90. The summed E-state index contributed by atoms with van der Waals surface area (Å²) in [6, 6.07) is 0. The van der Waals surface area contributed by atoms with Gasteiger partial charge in [-0.05, 0) is 36.7 Å². The van der Waals surface area contributed by atoms with Gasteiger partial charge in [-0.1, -0.05) is 18.2 Å². The summed E-state index contributed by atoms with van der Waals surface area (Å²) in [5.74, 6) is 2.60. The second kappa shape index (κ2) is 2.02.